The largest absolute Gasteiger partial charge is 0.486 e. The summed E-state index contributed by atoms with van der Waals surface area (Å²) in [5, 5.41) is 0. The lowest BCUT2D eigenvalue weighted by molar-refractivity contribution is 0.197. The minimum atomic E-state index is -0.229. The quantitative estimate of drug-likeness (QED) is 0.688. The average Bonchev–Trinajstić information content (AvgIpc) is 2.80. The minimum Gasteiger partial charge on any atom is -0.486 e. The molecule has 1 aromatic rings. The molecule has 0 aromatic heterocycles. The van der Waals surface area contributed by atoms with E-state index < -0.39 is 0 Å². The van der Waals surface area contributed by atoms with E-state index in [4.69, 9.17) is 4.74 Å². The van der Waals surface area contributed by atoms with Crippen LogP contribution in [0.25, 0.3) is 0 Å². The van der Waals surface area contributed by atoms with Gasteiger partial charge in [0, 0.05) is 12.8 Å². The van der Waals surface area contributed by atoms with Crippen LogP contribution in [0.1, 0.15) is 30.4 Å². The molecule has 0 atom stereocenters. The maximum absolute atomic E-state index is 13.7. The van der Waals surface area contributed by atoms with Crippen molar-refractivity contribution in [2.24, 2.45) is 0 Å². The average molecular weight is 218 g/mol. The van der Waals surface area contributed by atoms with Gasteiger partial charge in [0.2, 0.25) is 0 Å². The van der Waals surface area contributed by atoms with Crippen molar-refractivity contribution in [2.45, 2.75) is 39.2 Å². The number of halogens is 1. The highest BCUT2D eigenvalue weighted by Gasteiger charge is 2.35. The number of ether oxygens (including phenoxy) is 1. The van der Waals surface area contributed by atoms with Crippen LogP contribution < -0.4 is 4.74 Å². The second kappa shape index (κ2) is 3.34. The fourth-order valence-corrected chi connectivity index (χ4v) is 2.57. The van der Waals surface area contributed by atoms with E-state index in [1.807, 2.05) is 19.9 Å². The summed E-state index contributed by atoms with van der Waals surface area (Å²) >= 11 is 0. The summed E-state index contributed by atoms with van der Waals surface area (Å²) in [7, 11) is 0. The molecule has 2 aliphatic carbocycles. The van der Waals surface area contributed by atoms with Crippen LogP contribution in [-0.2, 0) is 0 Å². The summed E-state index contributed by atoms with van der Waals surface area (Å²) in [5.41, 5.74) is 4.92. The van der Waals surface area contributed by atoms with Crippen LogP contribution >= 0.6 is 0 Å². The SMILES string of the molecule is Cc1cc(C)c(OC2CC3=C(C3)C2)c(F)c1. The molecular weight excluding hydrogens is 203 g/mol. The molecule has 0 unspecified atom stereocenters. The molecule has 0 spiro atoms. The minimum absolute atomic E-state index is 0.176. The van der Waals surface area contributed by atoms with E-state index in [1.165, 1.54) is 23.6 Å². The number of hydrogen-bond acceptors (Lipinski definition) is 1. The molecule has 1 nitrogen and oxygen atoms in total. The Hall–Kier alpha value is -1.31. The summed E-state index contributed by atoms with van der Waals surface area (Å²) in [6.45, 7) is 3.80. The highest BCUT2D eigenvalue weighted by molar-refractivity contribution is 5.42. The Labute approximate surface area is 94.9 Å². The predicted octanol–water partition coefficient (Wildman–Crippen LogP) is 3.68. The summed E-state index contributed by atoms with van der Waals surface area (Å²) < 4.78 is 19.5. The summed E-state index contributed by atoms with van der Waals surface area (Å²) in [6.07, 6.45) is 3.38. The lowest BCUT2D eigenvalue weighted by Gasteiger charge is -2.18. The first-order valence-electron chi connectivity index (χ1n) is 5.76. The van der Waals surface area contributed by atoms with Crippen molar-refractivity contribution in [3.8, 4) is 5.75 Å². The maximum atomic E-state index is 13.7. The number of aryl methyl sites for hydroxylation is 2. The topological polar surface area (TPSA) is 9.23 Å². The van der Waals surface area contributed by atoms with Crippen molar-refractivity contribution in [3.05, 3.63) is 40.2 Å². The van der Waals surface area contributed by atoms with E-state index in [9.17, 15) is 4.39 Å². The molecular formula is C14H15FO. The summed E-state index contributed by atoms with van der Waals surface area (Å²) in [5.74, 6) is 0.214. The Balaban J connectivity index is 1.79. The van der Waals surface area contributed by atoms with Crippen LogP contribution in [0.3, 0.4) is 0 Å². The molecule has 0 fully saturated rings. The lowest BCUT2D eigenvalue weighted by atomic mass is 10.1. The Morgan fingerprint density at radius 2 is 1.88 bits per heavy atom. The van der Waals surface area contributed by atoms with Gasteiger partial charge in [-0.25, -0.2) is 4.39 Å². The zero-order chi connectivity index (χ0) is 11.3. The normalized spacial score (nSPS) is 18.9. The van der Waals surface area contributed by atoms with Crippen LogP contribution in [0.5, 0.6) is 5.75 Å². The van der Waals surface area contributed by atoms with Gasteiger partial charge in [-0.15, -0.1) is 0 Å². The molecule has 0 radical (unpaired) electrons. The van der Waals surface area contributed by atoms with Gasteiger partial charge in [0.15, 0.2) is 11.6 Å². The number of benzene rings is 1. The van der Waals surface area contributed by atoms with Gasteiger partial charge in [-0.05, 0) is 37.5 Å². The van der Waals surface area contributed by atoms with E-state index in [0.29, 0.717) is 5.75 Å². The smallest absolute Gasteiger partial charge is 0.165 e. The van der Waals surface area contributed by atoms with Crippen LogP contribution in [0, 0.1) is 19.7 Å². The molecule has 0 aliphatic heterocycles. The van der Waals surface area contributed by atoms with Gasteiger partial charge in [0.1, 0.15) is 6.10 Å². The molecule has 0 N–H and O–H groups in total. The molecule has 84 valence electrons. The Morgan fingerprint density at radius 1 is 1.19 bits per heavy atom. The summed E-state index contributed by atoms with van der Waals surface area (Å²) in [6, 6.07) is 3.51. The maximum Gasteiger partial charge on any atom is 0.165 e. The van der Waals surface area contributed by atoms with Gasteiger partial charge < -0.3 is 4.74 Å². The van der Waals surface area contributed by atoms with E-state index in [0.717, 1.165) is 24.0 Å². The third-order valence-corrected chi connectivity index (χ3v) is 3.41. The Kier molecular flexibility index (Phi) is 2.06. The zero-order valence-corrected chi connectivity index (χ0v) is 9.64. The van der Waals surface area contributed by atoms with Crippen LogP contribution in [0.2, 0.25) is 0 Å². The fourth-order valence-electron chi connectivity index (χ4n) is 2.57. The standard InChI is InChI=1S/C14H15FO/c1-8-3-9(2)14(13(15)4-8)16-12-6-10-5-11(10)7-12/h3-4,12H,5-7H2,1-2H3. The molecule has 0 saturated carbocycles. The van der Waals surface area contributed by atoms with Crippen LogP contribution in [0.15, 0.2) is 23.3 Å². The third kappa shape index (κ3) is 1.62. The second-order valence-corrected chi connectivity index (χ2v) is 4.92. The van der Waals surface area contributed by atoms with Gasteiger partial charge in [-0.2, -0.15) is 0 Å². The fraction of sp³-hybridized carbons (Fsp3) is 0.429. The van der Waals surface area contributed by atoms with E-state index in [1.54, 1.807) is 0 Å². The van der Waals surface area contributed by atoms with E-state index >= 15 is 0 Å². The van der Waals surface area contributed by atoms with Crippen molar-refractivity contribution in [3.63, 3.8) is 0 Å². The highest BCUT2D eigenvalue weighted by atomic mass is 19.1. The molecule has 16 heavy (non-hydrogen) atoms. The molecule has 0 heterocycles. The Bertz CT molecular complexity index is 451. The molecule has 3 rings (SSSR count). The predicted molar refractivity (Wildman–Crippen MR) is 61.2 cm³/mol. The van der Waals surface area contributed by atoms with Crippen molar-refractivity contribution in [1.29, 1.82) is 0 Å². The van der Waals surface area contributed by atoms with Crippen LogP contribution in [0.4, 0.5) is 4.39 Å². The molecule has 2 heteroatoms. The molecule has 0 amide bonds. The number of rotatable bonds is 2. The monoisotopic (exact) mass is 218 g/mol. The van der Waals surface area contributed by atoms with Gasteiger partial charge in [0.05, 0.1) is 0 Å². The molecule has 1 aromatic carbocycles. The van der Waals surface area contributed by atoms with Crippen LogP contribution in [-0.4, -0.2) is 6.10 Å². The van der Waals surface area contributed by atoms with Gasteiger partial charge >= 0.3 is 0 Å². The van der Waals surface area contributed by atoms with Gasteiger partial charge in [0.25, 0.3) is 0 Å². The second-order valence-electron chi connectivity index (χ2n) is 4.92. The first kappa shape index (κ1) is 9.88. The van der Waals surface area contributed by atoms with Gasteiger partial charge in [-0.3, -0.25) is 0 Å². The highest BCUT2D eigenvalue weighted by Crippen LogP contribution is 2.46. The third-order valence-electron chi connectivity index (χ3n) is 3.41. The van der Waals surface area contributed by atoms with Gasteiger partial charge in [-0.1, -0.05) is 17.2 Å². The number of hydrogen-bond donors (Lipinski definition) is 0. The molecule has 0 saturated heterocycles. The van der Waals surface area contributed by atoms with E-state index in [2.05, 4.69) is 0 Å². The van der Waals surface area contributed by atoms with Crippen molar-refractivity contribution < 1.29 is 9.13 Å². The lowest BCUT2D eigenvalue weighted by Crippen LogP contribution is -2.15. The zero-order valence-electron chi connectivity index (χ0n) is 9.64. The first-order valence-corrected chi connectivity index (χ1v) is 5.76. The van der Waals surface area contributed by atoms with Crippen molar-refractivity contribution >= 4 is 0 Å². The van der Waals surface area contributed by atoms with E-state index in [-0.39, 0.29) is 11.9 Å². The Morgan fingerprint density at radius 3 is 2.50 bits per heavy atom. The van der Waals surface area contributed by atoms with Crippen molar-refractivity contribution in [1.82, 2.24) is 0 Å². The summed E-state index contributed by atoms with van der Waals surface area (Å²) in [4.78, 5) is 0. The first-order chi connectivity index (χ1) is 7.63. The molecule has 2 aliphatic rings. The van der Waals surface area contributed by atoms with Crippen molar-refractivity contribution in [2.75, 3.05) is 0 Å². The molecule has 0 bridgehead atoms.